The molecule has 4 rings (SSSR count). The second-order valence-corrected chi connectivity index (χ2v) is 7.16. The van der Waals surface area contributed by atoms with Gasteiger partial charge in [-0.15, -0.1) is 0 Å². The van der Waals surface area contributed by atoms with Gasteiger partial charge in [0.2, 0.25) is 0 Å². The Morgan fingerprint density at radius 2 is 1.78 bits per heavy atom. The molecule has 27 heavy (non-hydrogen) atoms. The van der Waals surface area contributed by atoms with Crippen molar-refractivity contribution in [3.8, 4) is 0 Å². The SMILES string of the molecule is CO[C@H]1O[C@@H]2COC(c3ccccc3)O[C@H]2[C@@H]([N+]2([O-])CCOCC2)[C@@H]1OC. The third-order valence-corrected chi connectivity index (χ3v) is 5.66. The van der Waals surface area contributed by atoms with Gasteiger partial charge in [0.15, 0.2) is 18.7 Å². The van der Waals surface area contributed by atoms with Crippen LogP contribution < -0.4 is 0 Å². The van der Waals surface area contributed by atoms with E-state index in [1.54, 1.807) is 14.2 Å². The minimum atomic E-state index is -0.645. The average molecular weight is 381 g/mol. The highest BCUT2D eigenvalue weighted by atomic mass is 16.8. The summed E-state index contributed by atoms with van der Waals surface area (Å²) in [6, 6.07) is 9.23. The van der Waals surface area contributed by atoms with Gasteiger partial charge in [0.1, 0.15) is 31.3 Å². The van der Waals surface area contributed by atoms with E-state index < -0.39 is 41.6 Å². The van der Waals surface area contributed by atoms with E-state index in [1.807, 2.05) is 30.3 Å². The van der Waals surface area contributed by atoms with Gasteiger partial charge >= 0.3 is 0 Å². The van der Waals surface area contributed by atoms with Crippen LogP contribution in [0.3, 0.4) is 0 Å². The van der Waals surface area contributed by atoms with E-state index in [4.69, 9.17) is 28.4 Å². The molecule has 0 radical (unpaired) electrons. The molecule has 3 heterocycles. The molecule has 3 fully saturated rings. The van der Waals surface area contributed by atoms with E-state index in [2.05, 4.69) is 0 Å². The lowest BCUT2D eigenvalue weighted by atomic mass is 9.92. The first-order valence-corrected chi connectivity index (χ1v) is 9.35. The average Bonchev–Trinajstić information content (AvgIpc) is 2.73. The minimum absolute atomic E-state index is 0.327. The van der Waals surface area contributed by atoms with Gasteiger partial charge in [0.05, 0.1) is 19.8 Å². The molecule has 0 aliphatic carbocycles. The molecule has 0 aromatic heterocycles. The molecular formula is C19H27NO7. The summed E-state index contributed by atoms with van der Waals surface area (Å²) in [5.41, 5.74) is 0.914. The molecule has 0 spiro atoms. The predicted molar refractivity (Wildman–Crippen MR) is 94.4 cm³/mol. The lowest BCUT2D eigenvalue weighted by Gasteiger charge is -2.59. The van der Waals surface area contributed by atoms with Crippen LogP contribution in [0.15, 0.2) is 30.3 Å². The van der Waals surface area contributed by atoms with Crippen molar-refractivity contribution in [1.82, 2.24) is 0 Å². The van der Waals surface area contributed by atoms with Crippen molar-refractivity contribution in [3.05, 3.63) is 41.1 Å². The van der Waals surface area contributed by atoms with Gasteiger partial charge in [-0.3, -0.25) is 0 Å². The van der Waals surface area contributed by atoms with Crippen molar-refractivity contribution in [2.75, 3.05) is 47.1 Å². The highest BCUT2D eigenvalue weighted by Crippen LogP contribution is 2.39. The maximum Gasteiger partial charge on any atom is 0.189 e. The maximum absolute atomic E-state index is 13.8. The van der Waals surface area contributed by atoms with Crippen LogP contribution in [0.4, 0.5) is 0 Å². The summed E-state index contributed by atoms with van der Waals surface area (Å²) in [6.07, 6.45) is -2.58. The zero-order valence-electron chi connectivity index (χ0n) is 15.7. The summed E-state index contributed by atoms with van der Waals surface area (Å²) < 4.78 is 34.3. The Hall–Kier alpha value is -1.10. The molecule has 8 nitrogen and oxygen atoms in total. The molecule has 150 valence electrons. The summed E-state index contributed by atoms with van der Waals surface area (Å²) in [5, 5.41) is 13.8. The lowest BCUT2D eigenvalue weighted by Crippen LogP contribution is -2.73. The second-order valence-electron chi connectivity index (χ2n) is 7.16. The molecule has 3 aliphatic rings. The summed E-state index contributed by atoms with van der Waals surface area (Å²) in [4.78, 5) is 0. The first kappa shape index (κ1) is 19.2. The van der Waals surface area contributed by atoms with E-state index in [0.717, 1.165) is 5.56 Å². The zero-order valence-corrected chi connectivity index (χ0v) is 15.7. The Labute approximate surface area is 159 Å². The molecule has 3 aliphatic heterocycles. The largest absolute Gasteiger partial charge is 0.632 e. The van der Waals surface area contributed by atoms with E-state index >= 15 is 0 Å². The topological polar surface area (TPSA) is 78.4 Å². The van der Waals surface area contributed by atoms with Crippen LogP contribution in [-0.2, 0) is 28.4 Å². The number of benzene rings is 1. The van der Waals surface area contributed by atoms with Crippen molar-refractivity contribution in [1.29, 1.82) is 0 Å². The smallest absolute Gasteiger partial charge is 0.189 e. The fourth-order valence-electron chi connectivity index (χ4n) is 4.27. The molecule has 6 atom stereocenters. The molecule has 3 saturated heterocycles. The van der Waals surface area contributed by atoms with Gasteiger partial charge < -0.3 is 38.3 Å². The van der Waals surface area contributed by atoms with Gasteiger partial charge in [0, 0.05) is 19.8 Å². The first-order valence-electron chi connectivity index (χ1n) is 9.35. The van der Waals surface area contributed by atoms with E-state index in [-0.39, 0.29) is 0 Å². The molecular weight excluding hydrogens is 354 g/mol. The molecule has 1 aromatic rings. The first-order chi connectivity index (χ1) is 13.2. The van der Waals surface area contributed by atoms with Crippen LogP contribution in [-0.4, -0.2) is 82.4 Å². The monoisotopic (exact) mass is 381 g/mol. The molecule has 1 aromatic carbocycles. The Morgan fingerprint density at radius 3 is 2.44 bits per heavy atom. The predicted octanol–water partition coefficient (Wildman–Crippen LogP) is 1.20. The number of nitrogens with zero attached hydrogens (tertiary/aromatic N) is 1. The van der Waals surface area contributed by atoms with Crippen LogP contribution in [0.5, 0.6) is 0 Å². The number of hydroxylamine groups is 3. The Bertz CT molecular complexity index is 609. The molecule has 1 unspecified atom stereocenters. The molecule has 0 amide bonds. The van der Waals surface area contributed by atoms with Gasteiger partial charge in [-0.25, -0.2) is 0 Å². The van der Waals surface area contributed by atoms with Crippen molar-refractivity contribution in [3.63, 3.8) is 0 Å². The Morgan fingerprint density at radius 1 is 1.04 bits per heavy atom. The van der Waals surface area contributed by atoms with Crippen LogP contribution in [0.2, 0.25) is 0 Å². The van der Waals surface area contributed by atoms with Crippen LogP contribution >= 0.6 is 0 Å². The molecule has 8 heteroatoms. The highest BCUT2D eigenvalue weighted by Gasteiger charge is 2.57. The molecule has 0 saturated carbocycles. The van der Waals surface area contributed by atoms with E-state index in [1.165, 1.54) is 0 Å². The molecule has 0 N–H and O–H groups in total. The van der Waals surface area contributed by atoms with Gasteiger partial charge in [-0.1, -0.05) is 30.3 Å². The van der Waals surface area contributed by atoms with Crippen molar-refractivity contribution in [2.24, 2.45) is 0 Å². The summed E-state index contributed by atoms with van der Waals surface area (Å²) in [6.45, 7) is 1.87. The van der Waals surface area contributed by atoms with Crippen LogP contribution in [0.25, 0.3) is 0 Å². The van der Waals surface area contributed by atoms with E-state index in [9.17, 15) is 5.21 Å². The number of fused-ring (bicyclic) bond motifs is 1. The number of rotatable bonds is 4. The third-order valence-electron chi connectivity index (χ3n) is 5.66. The minimum Gasteiger partial charge on any atom is -0.632 e. The highest BCUT2D eigenvalue weighted by molar-refractivity contribution is 5.16. The van der Waals surface area contributed by atoms with Crippen molar-refractivity contribution in [2.45, 2.75) is 36.9 Å². The number of hydrogen-bond acceptors (Lipinski definition) is 7. The third kappa shape index (κ3) is 3.64. The van der Waals surface area contributed by atoms with Gasteiger partial charge in [-0.05, 0) is 0 Å². The summed E-state index contributed by atoms with van der Waals surface area (Å²) in [5.74, 6) is 0. The summed E-state index contributed by atoms with van der Waals surface area (Å²) in [7, 11) is 3.13. The lowest BCUT2D eigenvalue weighted by molar-refractivity contribution is -0.924. The van der Waals surface area contributed by atoms with Crippen LogP contribution in [0, 0.1) is 5.21 Å². The fourth-order valence-corrected chi connectivity index (χ4v) is 4.27. The Kier molecular flexibility index (Phi) is 5.77. The number of morpholine rings is 1. The van der Waals surface area contributed by atoms with E-state index in [0.29, 0.717) is 32.9 Å². The second kappa shape index (κ2) is 8.10. The standard InChI is InChI=1S/C19H27NO7/c1-22-17-15(20(21)8-10-24-11-9-20)16-14(26-19(17)23-2)12-25-18(27-16)13-6-4-3-5-7-13/h3-7,14-19H,8-12H2,1-2H3/t14-,15-,16-,17+,18?,19+/m1/s1. The van der Waals surface area contributed by atoms with Crippen molar-refractivity contribution >= 4 is 0 Å². The number of ether oxygens (including phenoxy) is 6. The quantitative estimate of drug-likeness (QED) is 0.573. The zero-order chi connectivity index (χ0) is 18.9. The number of hydrogen-bond donors (Lipinski definition) is 0. The summed E-state index contributed by atoms with van der Waals surface area (Å²) >= 11 is 0. The van der Waals surface area contributed by atoms with Crippen molar-refractivity contribution < 1.29 is 33.1 Å². The maximum atomic E-state index is 13.8. The number of methoxy groups -OCH3 is 2. The number of quaternary nitrogens is 1. The van der Waals surface area contributed by atoms with Crippen LogP contribution in [0.1, 0.15) is 11.9 Å². The Balaban J connectivity index is 1.64. The molecule has 0 bridgehead atoms. The van der Waals surface area contributed by atoms with Gasteiger partial charge in [-0.2, -0.15) is 0 Å². The fraction of sp³-hybridized carbons (Fsp3) is 0.684. The van der Waals surface area contributed by atoms with Gasteiger partial charge in [0.25, 0.3) is 0 Å². The normalized spacial score (nSPS) is 38.9.